The summed E-state index contributed by atoms with van der Waals surface area (Å²) in [7, 11) is 1.71. The van der Waals surface area contributed by atoms with Crippen LogP contribution in [0.3, 0.4) is 0 Å². The number of hydrogen-bond acceptors (Lipinski definition) is 7. The fourth-order valence-corrected chi connectivity index (χ4v) is 9.91. The largest absolute Gasteiger partial charge is 0.508 e. The molecule has 1 aliphatic carbocycles. The number of rotatable bonds is 4. The van der Waals surface area contributed by atoms with Crippen molar-refractivity contribution in [1.29, 1.82) is 0 Å². The Bertz CT molecular complexity index is 2630. The number of para-hydroxylation sites is 1. The number of halogens is 1. The number of allylic oxidation sites excluding steroid dienone is 2. The minimum atomic E-state index is -1.28. The highest BCUT2D eigenvalue weighted by Crippen LogP contribution is 2.61. The Kier molecular flexibility index (Phi) is 6.81. The number of hydrogen-bond donors (Lipinski definition) is 1. The van der Waals surface area contributed by atoms with Crippen LogP contribution >= 0.6 is 22.9 Å². The summed E-state index contributed by atoms with van der Waals surface area (Å²) < 4.78 is 6.59. The number of nitrogens with zero attached hydrogens (tertiary/aromatic N) is 6. The van der Waals surface area contributed by atoms with Crippen LogP contribution in [0.15, 0.2) is 100 Å². The normalized spacial score (nSPS) is 22.6. The molecular weight excluding hydrogens is 688 g/mol. The molecular formula is C38H31ClN6O5S. The number of aromatic hydroxyl groups is 1. The van der Waals surface area contributed by atoms with Gasteiger partial charge in [0.25, 0.3) is 0 Å². The Morgan fingerprint density at radius 2 is 1.75 bits per heavy atom. The summed E-state index contributed by atoms with van der Waals surface area (Å²) in [5, 5.41) is 17.0. The van der Waals surface area contributed by atoms with Crippen LogP contribution < -0.4 is 16.3 Å². The molecule has 0 radical (unpaired) electrons. The predicted molar refractivity (Wildman–Crippen MR) is 195 cm³/mol. The monoisotopic (exact) mass is 718 g/mol. The molecule has 1 N–H and O–H groups in total. The van der Waals surface area contributed by atoms with Crippen molar-refractivity contribution >= 4 is 50.7 Å². The highest BCUT2D eigenvalue weighted by molar-refractivity contribution is 7.22. The average Bonchev–Trinajstić information content (AvgIpc) is 3.78. The Morgan fingerprint density at radius 1 is 0.961 bits per heavy atom. The van der Waals surface area contributed by atoms with Crippen LogP contribution in [0, 0.1) is 18.3 Å². The van der Waals surface area contributed by atoms with Gasteiger partial charge >= 0.3 is 11.4 Å². The van der Waals surface area contributed by atoms with Crippen LogP contribution in [0.1, 0.15) is 36.4 Å². The first-order chi connectivity index (χ1) is 24.5. The van der Waals surface area contributed by atoms with Gasteiger partial charge in [-0.3, -0.25) is 14.3 Å². The molecule has 1 saturated heterocycles. The highest BCUT2D eigenvalue weighted by Gasteiger charge is 2.66. The molecule has 0 spiro atoms. The van der Waals surface area contributed by atoms with Crippen LogP contribution in [0.2, 0.25) is 5.02 Å². The molecule has 2 fully saturated rings. The van der Waals surface area contributed by atoms with E-state index in [2.05, 4.69) is 0 Å². The SMILES string of the molecule is Cc1c(-c2cc(N3C(=O)[C@@H]4C[C@@H]5C(=CCn6c(=O)n(-c7ccccc7)c(=O)n65)[C@H](c5cccc(O)c5)[C@]4(C)C3=O)n(C)n2)sc2ccc(Cl)cc12. The van der Waals surface area contributed by atoms with Gasteiger partial charge in [-0.2, -0.15) is 5.10 Å². The van der Waals surface area contributed by atoms with Crippen molar-refractivity contribution in [3.8, 4) is 22.0 Å². The van der Waals surface area contributed by atoms with Crippen molar-refractivity contribution in [2.75, 3.05) is 4.90 Å². The van der Waals surface area contributed by atoms with E-state index < -0.39 is 46.5 Å². The van der Waals surface area contributed by atoms with E-state index in [1.165, 1.54) is 14.3 Å². The Morgan fingerprint density at radius 3 is 2.51 bits per heavy atom. The minimum absolute atomic E-state index is 0.0142. The van der Waals surface area contributed by atoms with Crippen molar-refractivity contribution in [1.82, 2.24) is 23.7 Å². The molecule has 0 unspecified atom stereocenters. The molecule has 6 aromatic rings. The van der Waals surface area contributed by atoms with Gasteiger partial charge in [0, 0.05) is 28.8 Å². The quantitative estimate of drug-likeness (QED) is 0.178. The van der Waals surface area contributed by atoms with Crippen molar-refractivity contribution in [2.24, 2.45) is 18.4 Å². The molecule has 2 amide bonds. The van der Waals surface area contributed by atoms with E-state index in [0.717, 1.165) is 30.7 Å². The molecule has 1 saturated carbocycles. The molecule has 13 heteroatoms. The molecule has 51 heavy (non-hydrogen) atoms. The highest BCUT2D eigenvalue weighted by atomic mass is 35.5. The molecule has 9 rings (SSSR count). The predicted octanol–water partition coefficient (Wildman–Crippen LogP) is 5.95. The van der Waals surface area contributed by atoms with Crippen molar-refractivity contribution < 1.29 is 14.7 Å². The van der Waals surface area contributed by atoms with E-state index in [1.807, 2.05) is 43.3 Å². The van der Waals surface area contributed by atoms with Gasteiger partial charge in [0.15, 0.2) is 0 Å². The molecule has 11 nitrogen and oxygen atoms in total. The van der Waals surface area contributed by atoms with E-state index in [-0.39, 0.29) is 18.7 Å². The summed E-state index contributed by atoms with van der Waals surface area (Å²) in [6.45, 7) is 3.91. The minimum Gasteiger partial charge on any atom is -0.508 e. The van der Waals surface area contributed by atoms with Gasteiger partial charge < -0.3 is 5.11 Å². The zero-order chi connectivity index (χ0) is 35.5. The number of carbonyl (C=O) groups is 2. The first-order valence-electron chi connectivity index (χ1n) is 16.6. The number of benzene rings is 3. The summed E-state index contributed by atoms with van der Waals surface area (Å²) in [5.41, 5.74) is 1.16. The molecule has 0 bridgehead atoms. The lowest BCUT2D eigenvalue weighted by atomic mass is 9.56. The maximum atomic E-state index is 14.9. The van der Waals surface area contributed by atoms with Crippen LogP contribution in [0.4, 0.5) is 5.82 Å². The third-order valence-corrected chi connectivity index (χ3v) is 12.5. The number of thiophene rings is 1. The lowest BCUT2D eigenvalue weighted by molar-refractivity contribution is -0.129. The Labute approximate surface area is 299 Å². The second-order valence-electron chi connectivity index (χ2n) is 13.7. The Balaban J connectivity index is 1.19. The van der Waals surface area contributed by atoms with Crippen molar-refractivity contribution in [3.63, 3.8) is 0 Å². The van der Waals surface area contributed by atoms with Crippen molar-refractivity contribution in [3.05, 3.63) is 128 Å². The lowest BCUT2D eigenvalue weighted by Gasteiger charge is -2.47. The standard InChI is InChI=1S/C38H31ClN6O5S/c1-20-26-17-22(39)12-13-30(26)51-33(20)28-19-31(41(3)40-28)44-34(47)27-18-29-25(32(38(27,2)35(44)48)21-8-7-11-24(46)16-21)14-15-42-36(49)43(37(50)45(29)42)23-9-5-4-6-10-23/h4-14,16-17,19,27,29,32,46H,15,18H2,1-3H3/t27-,29+,32-,38+/m0/s1. The first-order valence-corrected chi connectivity index (χ1v) is 17.8. The lowest BCUT2D eigenvalue weighted by Crippen LogP contribution is -2.49. The average molecular weight is 719 g/mol. The number of phenols is 1. The smallest absolute Gasteiger partial charge is 0.352 e. The van der Waals surface area contributed by atoms with E-state index in [9.17, 15) is 24.3 Å². The van der Waals surface area contributed by atoms with Crippen molar-refractivity contribution in [2.45, 2.75) is 38.8 Å². The van der Waals surface area contributed by atoms with Gasteiger partial charge in [-0.15, -0.1) is 11.3 Å². The zero-order valence-electron chi connectivity index (χ0n) is 27.8. The van der Waals surface area contributed by atoms with Gasteiger partial charge in [0.05, 0.1) is 34.5 Å². The molecule has 3 aromatic carbocycles. The van der Waals surface area contributed by atoms with Crippen LogP contribution in [0.5, 0.6) is 5.75 Å². The van der Waals surface area contributed by atoms with Gasteiger partial charge in [0.1, 0.15) is 17.3 Å². The fraction of sp³-hybridized carbons (Fsp3) is 0.237. The third kappa shape index (κ3) is 4.32. The second kappa shape index (κ2) is 11.0. The molecule has 256 valence electrons. The number of imide groups is 1. The van der Waals surface area contributed by atoms with Crippen LogP contribution in [-0.4, -0.2) is 40.6 Å². The summed E-state index contributed by atoms with van der Waals surface area (Å²) in [6.07, 6.45) is 2.02. The number of fused-ring (bicyclic) bond motifs is 5. The summed E-state index contributed by atoms with van der Waals surface area (Å²) in [4.78, 5) is 59.7. The van der Waals surface area contributed by atoms with Gasteiger partial charge in [0.2, 0.25) is 11.8 Å². The second-order valence-corrected chi connectivity index (χ2v) is 15.2. The number of aromatic nitrogens is 5. The van der Waals surface area contributed by atoms with Crippen LogP contribution in [-0.2, 0) is 23.2 Å². The maximum Gasteiger partial charge on any atom is 0.352 e. The Hall–Kier alpha value is -5.46. The zero-order valence-corrected chi connectivity index (χ0v) is 29.4. The first kappa shape index (κ1) is 31.5. The number of anilines is 1. The fourth-order valence-electron chi connectivity index (χ4n) is 8.59. The summed E-state index contributed by atoms with van der Waals surface area (Å²) in [5.74, 6) is -2.00. The summed E-state index contributed by atoms with van der Waals surface area (Å²) >= 11 is 7.86. The van der Waals surface area contributed by atoms with Gasteiger partial charge in [-0.25, -0.2) is 28.4 Å². The molecule has 2 aliphatic heterocycles. The molecule has 3 aliphatic rings. The number of aryl methyl sites for hydroxylation is 2. The maximum absolute atomic E-state index is 14.9. The number of amides is 2. The number of carbonyl (C=O) groups excluding carboxylic acids is 2. The number of phenolic OH excluding ortho intramolecular Hbond substituents is 1. The van der Waals surface area contributed by atoms with E-state index in [4.69, 9.17) is 16.7 Å². The van der Waals surface area contributed by atoms with E-state index in [1.54, 1.807) is 78.5 Å². The molecule has 5 heterocycles. The van der Waals surface area contributed by atoms with E-state index in [0.29, 0.717) is 27.8 Å². The third-order valence-electron chi connectivity index (χ3n) is 11.0. The topological polar surface area (TPSA) is 124 Å². The van der Waals surface area contributed by atoms with Gasteiger partial charge in [-0.05, 0) is 84.8 Å². The van der Waals surface area contributed by atoms with E-state index >= 15 is 0 Å². The molecule has 4 atom stereocenters. The van der Waals surface area contributed by atoms with Crippen LogP contribution in [0.25, 0.3) is 26.3 Å². The molecule has 3 aromatic heterocycles. The summed E-state index contributed by atoms with van der Waals surface area (Å²) in [6, 6.07) is 22.2. The van der Waals surface area contributed by atoms with Gasteiger partial charge in [-0.1, -0.05) is 48.0 Å².